The van der Waals surface area contributed by atoms with E-state index in [1.54, 1.807) is 6.08 Å². The normalized spacial score (nSPS) is 25.5. The zero-order chi connectivity index (χ0) is 23.8. The molecule has 34 heavy (non-hydrogen) atoms. The molecule has 0 aromatic heterocycles. The van der Waals surface area contributed by atoms with Crippen LogP contribution in [0.3, 0.4) is 0 Å². The number of β-lactam (4-membered cyclic amide) rings is 1. The molecule has 2 unspecified atom stereocenters. The summed E-state index contributed by atoms with van der Waals surface area (Å²) in [6.45, 7) is 1.43. The minimum atomic E-state index is -1.20. The maximum atomic E-state index is 12.8. The van der Waals surface area contributed by atoms with Gasteiger partial charge in [0.1, 0.15) is 17.1 Å². The predicted octanol–water partition coefficient (Wildman–Crippen LogP) is 2.09. The van der Waals surface area contributed by atoms with Crippen molar-refractivity contribution in [1.82, 2.24) is 15.1 Å². The fraction of sp³-hybridized carbons (Fsp3) is 0.417. The van der Waals surface area contributed by atoms with Gasteiger partial charge in [0, 0.05) is 29.3 Å². The Morgan fingerprint density at radius 1 is 1.21 bits per heavy atom. The van der Waals surface area contributed by atoms with Gasteiger partial charge in [0.15, 0.2) is 0 Å². The van der Waals surface area contributed by atoms with Crippen LogP contribution in [0.25, 0.3) is 0 Å². The second kappa shape index (κ2) is 9.50. The highest BCUT2D eigenvalue weighted by Gasteiger charge is 2.54. The van der Waals surface area contributed by atoms with Gasteiger partial charge in [0.05, 0.1) is 5.75 Å². The lowest BCUT2D eigenvalue weighted by Gasteiger charge is -2.49. The highest BCUT2D eigenvalue weighted by atomic mass is 32.2. The van der Waals surface area contributed by atoms with Crippen molar-refractivity contribution >= 4 is 47.2 Å². The molecule has 1 saturated carbocycles. The van der Waals surface area contributed by atoms with Crippen molar-refractivity contribution in [3.8, 4) is 0 Å². The maximum Gasteiger partial charge on any atom is 0.352 e. The summed E-state index contributed by atoms with van der Waals surface area (Å²) in [6.07, 6.45) is 4.57. The minimum Gasteiger partial charge on any atom is -0.477 e. The third-order valence-electron chi connectivity index (χ3n) is 6.37. The first kappa shape index (κ1) is 23.0. The Morgan fingerprint density at radius 2 is 1.97 bits per heavy atom. The summed E-state index contributed by atoms with van der Waals surface area (Å²) in [7, 11) is 0. The van der Waals surface area contributed by atoms with Crippen molar-refractivity contribution in [2.24, 2.45) is 5.92 Å². The number of carboxylic acid groups (broad SMARTS) is 1. The van der Waals surface area contributed by atoms with Crippen LogP contribution in [-0.2, 0) is 19.2 Å². The number of fused-ring (bicyclic) bond motifs is 1. The molecule has 2 atom stereocenters. The third kappa shape index (κ3) is 4.61. The molecule has 1 aliphatic carbocycles. The van der Waals surface area contributed by atoms with Crippen molar-refractivity contribution in [1.29, 1.82) is 0 Å². The topological polar surface area (TPSA) is 107 Å². The second-order valence-electron chi connectivity index (χ2n) is 8.85. The van der Waals surface area contributed by atoms with Crippen LogP contribution in [0.2, 0.25) is 0 Å². The quantitative estimate of drug-likeness (QED) is 0.320. The molecule has 3 amide bonds. The van der Waals surface area contributed by atoms with Crippen LogP contribution < -0.4 is 5.32 Å². The number of carbonyl (C=O) groups is 4. The van der Waals surface area contributed by atoms with Gasteiger partial charge in [-0.15, -0.1) is 23.5 Å². The van der Waals surface area contributed by atoms with E-state index in [4.69, 9.17) is 0 Å². The SMILES string of the molecule is O=C(CSc1ccccc1)NC1C(=O)N2C(C(=O)O)=C(/C=C3\CCN(CC4CC4)C3=O)CSC12. The van der Waals surface area contributed by atoms with E-state index in [1.165, 1.54) is 28.4 Å². The van der Waals surface area contributed by atoms with E-state index in [9.17, 15) is 24.3 Å². The van der Waals surface area contributed by atoms with Crippen LogP contribution in [0.4, 0.5) is 0 Å². The summed E-state index contributed by atoms with van der Waals surface area (Å²) < 4.78 is 0. The number of carbonyl (C=O) groups excluding carboxylic acids is 3. The zero-order valence-electron chi connectivity index (χ0n) is 18.4. The molecule has 3 fully saturated rings. The van der Waals surface area contributed by atoms with E-state index in [2.05, 4.69) is 5.32 Å². The largest absolute Gasteiger partial charge is 0.477 e. The molecule has 8 nitrogen and oxygen atoms in total. The summed E-state index contributed by atoms with van der Waals surface area (Å²) in [5.41, 5.74) is 0.992. The summed E-state index contributed by atoms with van der Waals surface area (Å²) in [4.78, 5) is 54.1. The van der Waals surface area contributed by atoms with Gasteiger partial charge in [-0.25, -0.2) is 4.79 Å². The average Bonchev–Trinajstić information content (AvgIpc) is 3.60. The standard InChI is InChI=1S/C24H25N3O5S2/c28-18(13-33-17-4-2-1-3-5-17)25-19-22(30)27-20(24(31)32)16(12-34-23(19)27)10-15-8-9-26(21(15)29)11-14-6-7-14/h1-5,10,14,19,23H,6-9,11-13H2,(H,25,28)(H,31,32)/b15-10+. The number of aliphatic carboxylic acids is 1. The lowest BCUT2D eigenvalue weighted by Crippen LogP contribution is -2.70. The molecule has 1 aromatic carbocycles. The maximum absolute atomic E-state index is 12.8. The zero-order valence-corrected chi connectivity index (χ0v) is 20.1. The fourth-order valence-electron chi connectivity index (χ4n) is 4.43. The summed E-state index contributed by atoms with van der Waals surface area (Å²) in [5, 5.41) is 12.2. The number of nitrogens with zero attached hydrogens (tertiary/aromatic N) is 2. The number of nitrogens with one attached hydrogen (secondary N) is 1. The molecule has 10 heteroatoms. The molecule has 3 aliphatic heterocycles. The number of hydrogen-bond donors (Lipinski definition) is 2. The van der Waals surface area contributed by atoms with Gasteiger partial charge in [-0.1, -0.05) is 18.2 Å². The number of carboxylic acids is 1. The van der Waals surface area contributed by atoms with E-state index >= 15 is 0 Å². The number of benzene rings is 1. The highest BCUT2D eigenvalue weighted by Crippen LogP contribution is 2.41. The predicted molar refractivity (Wildman–Crippen MR) is 129 cm³/mol. The summed E-state index contributed by atoms with van der Waals surface area (Å²) in [6, 6.07) is 8.75. The lowest BCUT2D eigenvalue weighted by atomic mass is 10.0. The van der Waals surface area contributed by atoms with Gasteiger partial charge in [0.25, 0.3) is 5.91 Å². The summed E-state index contributed by atoms with van der Waals surface area (Å²) in [5.74, 6) is -0.808. The van der Waals surface area contributed by atoms with Gasteiger partial charge >= 0.3 is 5.97 Å². The highest BCUT2D eigenvalue weighted by molar-refractivity contribution is 8.00. The minimum absolute atomic E-state index is 0.0349. The van der Waals surface area contributed by atoms with Gasteiger partial charge < -0.3 is 15.3 Å². The Labute approximate surface area is 205 Å². The van der Waals surface area contributed by atoms with Gasteiger partial charge in [0.2, 0.25) is 11.8 Å². The molecule has 178 valence electrons. The smallest absolute Gasteiger partial charge is 0.352 e. The molecule has 3 heterocycles. The molecule has 2 N–H and O–H groups in total. The molecule has 4 aliphatic rings. The van der Waals surface area contributed by atoms with E-state index in [0.29, 0.717) is 35.8 Å². The van der Waals surface area contributed by atoms with Crippen molar-refractivity contribution in [3.05, 3.63) is 53.3 Å². The van der Waals surface area contributed by atoms with Crippen LogP contribution in [-0.4, -0.2) is 74.6 Å². The Bertz CT molecular complexity index is 1100. The molecule has 0 radical (unpaired) electrons. The lowest BCUT2D eigenvalue weighted by molar-refractivity contribution is -0.150. The Morgan fingerprint density at radius 3 is 2.68 bits per heavy atom. The molecule has 1 aromatic rings. The molecule has 2 saturated heterocycles. The van der Waals surface area contributed by atoms with Gasteiger partial charge in [-0.2, -0.15) is 0 Å². The average molecular weight is 500 g/mol. The van der Waals surface area contributed by atoms with Crippen LogP contribution in [0.5, 0.6) is 0 Å². The van der Waals surface area contributed by atoms with Gasteiger partial charge in [-0.05, 0) is 49.0 Å². The van der Waals surface area contributed by atoms with Crippen molar-refractivity contribution < 1.29 is 24.3 Å². The van der Waals surface area contributed by atoms with Crippen molar-refractivity contribution in [3.63, 3.8) is 0 Å². The van der Waals surface area contributed by atoms with E-state index in [1.807, 2.05) is 35.2 Å². The van der Waals surface area contributed by atoms with Crippen molar-refractivity contribution in [2.45, 2.75) is 35.6 Å². The third-order valence-corrected chi connectivity index (χ3v) is 8.68. The monoisotopic (exact) mass is 499 g/mol. The first-order chi connectivity index (χ1) is 16.4. The number of thioether (sulfide) groups is 2. The van der Waals surface area contributed by atoms with Crippen LogP contribution in [0.15, 0.2) is 58.1 Å². The van der Waals surface area contributed by atoms with E-state index in [0.717, 1.165) is 24.3 Å². The van der Waals surface area contributed by atoms with Gasteiger partial charge in [-0.3, -0.25) is 19.3 Å². The number of rotatable bonds is 8. The molecular formula is C24H25N3O5S2. The van der Waals surface area contributed by atoms with Crippen LogP contribution in [0, 0.1) is 5.92 Å². The molecular weight excluding hydrogens is 474 g/mol. The molecule has 0 spiro atoms. The Hall–Kier alpha value is -2.72. The number of amides is 3. The molecule has 5 rings (SSSR count). The number of hydrogen-bond acceptors (Lipinski definition) is 6. The second-order valence-corrected chi connectivity index (χ2v) is 11.0. The number of allylic oxidation sites excluding steroid dienone is 1. The van der Waals surface area contributed by atoms with E-state index in [-0.39, 0.29) is 23.3 Å². The van der Waals surface area contributed by atoms with Crippen molar-refractivity contribution in [2.75, 3.05) is 24.6 Å². The van der Waals surface area contributed by atoms with E-state index < -0.39 is 23.3 Å². The van der Waals surface area contributed by atoms with Crippen LogP contribution >= 0.6 is 23.5 Å². The fourth-order valence-corrected chi connectivity index (χ4v) is 6.47. The molecule has 0 bridgehead atoms. The summed E-state index contributed by atoms with van der Waals surface area (Å²) >= 11 is 2.79. The number of likely N-dealkylation sites (tertiary alicyclic amines) is 1. The Kier molecular flexibility index (Phi) is 6.44. The first-order valence-electron chi connectivity index (χ1n) is 11.3. The van der Waals surface area contributed by atoms with Crippen LogP contribution in [0.1, 0.15) is 19.3 Å². The first-order valence-corrected chi connectivity index (χ1v) is 13.3. The Balaban J connectivity index is 1.25.